The highest BCUT2D eigenvalue weighted by Gasteiger charge is 2.42. The van der Waals surface area contributed by atoms with E-state index in [2.05, 4.69) is 9.97 Å². The summed E-state index contributed by atoms with van der Waals surface area (Å²) in [5.74, 6) is -0.788. The second kappa shape index (κ2) is 8.55. The first-order chi connectivity index (χ1) is 13.4. The maximum absolute atomic E-state index is 13.0. The Balaban J connectivity index is 1.58. The van der Waals surface area contributed by atoms with Gasteiger partial charge in [0.05, 0.1) is 0 Å². The number of ketones is 3. The number of aryl methyl sites for hydroxylation is 3. The van der Waals surface area contributed by atoms with Crippen molar-refractivity contribution in [2.45, 2.75) is 58.8 Å². The topological polar surface area (TPSA) is 77.0 Å². The third-order valence-corrected chi connectivity index (χ3v) is 5.56. The molecule has 0 aliphatic heterocycles. The fourth-order valence-electron chi connectivity index (χ4n) is 4.31. The molecule has 5 nitrogen and oxygen atoms in total. The van der Waals surface area contributed by atoms with E-state index in [-0.39, 0.29) is 23.3 Å². The van der Waals surface area contributed by atoms with E-state index in [0.29, 0.717) is 31.4 Å². The Labute approximate surface area is 165 Å². The minimum Gasteiger partial charge on any atom is -0.298 e. The lowest BCUT2D eigenvalue weighted by Crippen LogP contribution is -2.18. The fourth-order valence-corrected chi connectivity index (χ4v) is 4.31. The minimum atomic E-state index is -0.617. The van der Waals surface area contributed by atoms with Gasteiger partial charge in [-0.25, -0.2) is 9.97 Å². The normalized spacial score (nSPS) is 19.2. The van der Waals surface area contributed by atoms with Crippen molar-refractivity contribution in [1.29, 1.82) is 0 Å². The number of hydrogen-bond donors (Lipinski definition) is 0. The highest BCUT2D eigenvalue weighted by molar-refractivity contribution is 6.15. The van der Waals surface area contributed by atoms with Gasteiger partial charge in [-0.05, 0) is 56.4 Å². The molecule has 0 N–H and O–H groups in total. The molecule has 2 atom stereocenters. The standard InChI is InChI=1S/C23H26N2O3/c1-14-10-15(2)21(16(3)11-14)22-20(27)12-17(23(22)28)6-4-5-7-19(26)18-8-9-24-13-25-18/h8-11,13,17,22H,4-7,12H2,1-3H3. The lowest BCUT2D eigenvalue weighted by Gasteiger charge is -2.16. The van der Waals surface area contributed by atoms with Crippen LogP contribution in [-0.2, 0) is 9.59 Å². The second-order valence-corrected chi connectivity index (χ2v) is 7.78. The molecule has 1 aromatic carbocycles. The number of unbranched alkanes of at least 4 members (excludes halogenated alkanes) is 1. The van der Waals surface area contributed by atoms with Crippen LogP contribution in [0, 0.1) is 26.7 Å². The quantitative estimate of drug-likeness (QED) is 0.412. The number of nitrogens with zero attached hydrogens (tertiary/aromatic N) is 2. The molecule has 1 heterocycles. The largest absolute Gasteiger partial charge is 0.298 e. The van der Waals surface area contributed by atoms with E-state index in [4.69, 9.17) is 0 Å². The van der Waals surface area contributed by atoms with Crippen molar-refractivity contribution in [3.8, 4) is 0 Å². The second-order valence-electron chi connectivity index (χ2n) is 7.78. The monoisotopic (exact) mass is 378 g/mol. The smallest absolute Gasteiger partial charge is 0.181 e. The molecule has 0 spiro atoms. The third kappa shape index (κ3) is 4.24. The molecule has 1 aliphatic carbocycles. The van der Waals surface area contributed by atoms with Crippen LogP contribution in [0.5, 0.6) is 0 Å². The molecule has 146 valence electrons. The van der Waals surface area contributed by atoms with Gasteiger partial charge in [-0.3, -0.25) is 14.4 Å². The Morgan fingerprint density at radius 2 is 1.82 bits per heavy atom. The van der Waals surface area contributed by atoms with Crippen LogP contribution in [0.3, 0.4) is 0 Å². The summed E-state index contributed by atoms with van der Waals surface area (Å²) < 4.78 is 0. The first-order valence-electron chi connectivity index (χ1n) is 9.82. The van der Waals surface area contributed by atoms with Crippen molar-refractivity contribution in [1.82, 2.24) is 9.97 Å². The van der Waals surface area contributed by atoms with Crippen LogP contribution in [0.25, 0.3) is 0 Å². The predicted octanol–water partition coefficient (Wildman–Crippen LogP) is 4.09. The van der Waals surface area contributed by atoms with Gasteiger partial charge >= 0.3 is 0 Å². The van der Waals surface area contributed by atoms with E-state index in [1.54, 1.807) is 12.3 Å². The molecule has 1 fully saturated rings. The number of aromatic nitrogens is 2. The Morgan fingerprint density at radius 1 is 1.11 bits per heavy atom. The van der Waals surface area contributed by atoms with E-state index in [0.717, 1.165) is 28.7 Å². The highest BCUT2D eigenvalue weighted by atomic mass is 16.2. The van der Waals surface area contributed by atoms with E-state index < -0.39 is 5.92 Å². The van der Waals surface area contributed by atoms with Gasteiger partial charge < -0.3 is 0 Å². The summed E-state index contributed by atoms with van der Waals surface area (Å²) in [6.07, 6.45) is 5.72. The van der Waals surface area contributed by atoms with Crippen LogP contribution in [0.4, 0.5) is 0 Å². The average Bonchev–Trinajstić information content (AvgIpc) is 2.93. The molecule has 2 unspecified atom stereocenters. The minimum absolute atomic E-state index is 0.0139. The summed E-state index contributed by atoms with van der Waals surface area (Å²) in [5.41, 5.74) is 4.48. The average molecular weight is 378 g/mol. The molecule has 3 rings (SSSR count). The fraction of sp³-hybridized carbons (Fsp3) is 0.435. The van der Waals surface area contributed by atoms with Crippen molar-refractivity contribution < 1.29 is 14.4 Å². The molecule has 1 saturated carbocycles. The SMILES string of the molecule is Cc1cc(C)c(C2C(=O)CC(CCCCC(=O)c3ccncn3)C2=O)c(C)c1. The molecule has 0 radical (unpaired) electrons. The van der Waals surface area contributed by atoms with E-state index in [9.17, 15) is 14.4 Å². The van der Waals surface area contributed by atoms with E-state index in [1.165, 1.54) is 6.33 Å². The lowest BCUT2D eigenvalue weighted by atomic mass is 9.86. The Kier molecular flexibility index (Phi) is 6.12. The lowest BCUT2D eigenvalue weighted by molar-refractivity contribution is -0.124. The van der Waals surface area contributed by atoms with Gasteiger partial charge in [-0.2, -0.15) is 0 Å². The van der Waals surface area contributed by atoms with Gasteiger partial charge in [0, 0.05) is 25.0 Å². The van der Waals surface area contributed by atoms with E-state index >= 15 is 0 Å². The van der Waals surface area contributed by atoms with Crippen molar-refractivity contribution in [2.75, 3.05) is 0 Å². The summed E-state index contributed by atoms with van der Waals surface area (Å²) >= 11 is 0. The first kappa shape index (κ1) is 20.1. The van der Waals surface area contributed by atoms with Crippen molar-refractivity contribution in [3.05, 3.63) is 58.7 Å². The molecule has 28 heavy (non-hydrogen) atoms. The van der Waals surface area contributed by atoms with Crippen LogP contribution in [0.1, 0.15) is 70.8 Å². The summed E-state index contributed by atoms with van der Waals surface area (Å²) in [6.45, 7) is 5.97. The molecule has 5 heteroatoms. The van der Waals surface area contributed by atoms with Crippen LogP contribution >= 0.6 is 0 Å². The highest BCUT2D eigenvalue weighted by Crippen LogP contribution is 2.38. The summed E-state index contributed by atoms with van der Waals surface area (Å²) in [4.78, 5) is 45.4. The maximum atomic E-state index is 13.0. The number of rotatable bonds is 7. The number of hydrogen-bond acceptors (Lipinski definition) is 5. The Bertz CT molecular complexity index is 882. The van der Waals surface area contributed by atoms with Gasteiger partial charge in [-0.1, -0.05) is 24.1 Å². The van der Waals surface area contributed by atoms with Gasteiger partial charge in [0.1, 0.15) is 23.7 Å². The first-order valence-corrected chi connectivity index (χ1v) is 9.82. The summed E-state index contributed by atoms with van der Waals surface area (Å²) in [5, 5.41) is 0. The van der Waals surface area contributed by atoms with Crippen LogP contribution in [0.15, 0.2) is 30.7 Å². The molecule has 0 amide bonds. The Hall–Kier alpha value is -2.69. The molecular weight excluding hydrogens is 352 g/mol. The third-order valence-electron chi connectivity index (χ3n) is 5.56. The van der Waals surface area contributed by atoms with Crippen molar-refractivity contribution in [3.63, 3.8) is 0 Å². The van der Waals surface area contributed by atoms with Crippen molar-refractivity contribution >= 4 is 17.3 Å². The van der Waals surface area contributed by atoms with Gasteiger partial charge in [0.15, 0.2) is 11.6 Å². The molecule has 2 aromatic rings. The van der Waals surface area contributed by atoms with Crippen molar-refractivity contribution in [2.24, 2.45) is 5.92 Å². The van der Waals surface area contributed by atoms with Gasteiger partial charge in [0.25, 0.3) is 0 Å². The molecular formula is C23H26N2O3. The zero-order chi connectivity index (χ0) is 20.3. The molecule has 1 aliphatic rings. The maximum Gasteiger partial charge on any atom is 0.181 e. The number of benzene rings is 1. The molecule has 0 bridgehead atoms. The number of carbonyl (C=O) groups excluding carboxylic acids is 3. The van der Waals surface area contributed by atoms with Crippen LogP contribution < -0.4 is 0 Å². The van der Waals surface area contributed by atoms with Crippen LogP contribution in [-0.4, -0.2) is 27.3 Å². The summed E-state index contributed by atoms with van der Waals surface area (Å²) in [7, 11) is 0. The zero-order valence-corrected chi connectivity index (χ0v) is 16.7. The number of carbonyl (C=O) groups is 3. The molecule has 1 aromatic heterocycles. The summed E-state index contributed by atoms with van der Waals surface area (Å²) in [6, 6.07) is 5.68. The number of Topliss-reactive ketones (excluding diaryl/α,β-unsaturated/α-hetero) is 3. The van der Waals surface area contributed by atoms with E-state index in [1.807, 2.05) is 32.9 Å². The molecule has 0 saturated heterocycles. The van der Waals surface area contributed by atoms with Gasteiger partial charge in [-0.15, -0.1) is 0 Å². The van der Waals surface area contributed by atoms with Crippen LogP contribution in [0.2, 0.25) is 0 Å². The predicted molar refractivity (Wildman–Crippen MR) is 106 cm³/mol. The Morgan fingerprint density at radius 3 is 2.46 bits per heavy atom. The zero-order valence-electron chi connectivity index (χ0n) is 16.7. The van der Waals surface area contributed by atoms with Gasteiger partial charge in [0.2, 0.25) is 0 Å².